The summed E-state index contributed by atoms with van der Waals surface area (Å²) in [5, 5.41) is 7.71. The summed E-state index contributed by atoms with van der Waals surface area (Å²) in [5.74, 6) is 0. The minimum Gasteiger partial charge on any atom is -0.309 e. The Morgan fingerprint density at radius 1 is 1.53 bits per heavy atom. The molecular formula is C11H22N4. The molecule has 4 heteroatoms. The zero-order valence-corrected chi connectivity index (χ0v) is 10.4. The quantitative estimate of drug-likeness (QED) is 0.779. The summed E-state index contributed by atoms with van der Waals surface area (Å²) in [6.45, 7) is 6.25. The molecule has 1 aromatic rings. The number of aryl methyl sites for hydroxylation is 1. The lowest BCUT2D eigenvalue weighted by molar-refractivity contribution is 0.349. The van der Waals surface area contributed by atoms with Gasteiger partial charge in [0, 0.05) is 37.4 Å². The van der Waals surface area contributed by atoms with Crippen molar-refractivity contribution in [3.05, 3.63) is 17.5 Å². The minimum absolute atomic E-state index is 0.500. The molecule has 0 spiro atoms. The third-order valence-electron chi connectivity index (χ3n) is 2.62. The lowest BCUT2D eigenvalue weighted by Crippen LogP contribution is -2.35. The van der Waals surface area contributed by atoms with Crippen molar-refractivity contribution in [2.24, 2.45) is 7.05 Å². The van der Waals surface area contributed by atoms with Crippen molar-refractivity contribution in [1.29, 1.82) is 0 Å². The number of rotatable bonds is 5. The molecule has 1 atom stereocenters. The Bertz CT molecular complexity index is 304. The zero-order valence-electron chi connectivity index (χ0n) is 10.4. The van der Waals surface area contributed by atoms with Gasteiger partial charge >= 0.3 is 0 Å². The highest BCUT2D eigenvalue weighted by Gasteiger charge is 2.06. The Hall–Kier alpha value is -0.870. The highest BCUT2D eigenvalue weighted by atomic mass is 15.3. The molecule has 0 aliphatic rings. The van der Waals surface area contributed by atoms with Gasteiger partial charge in [0.05, 0.1) is 6.20 Å². The fraction of sp³-hybridized carbons (Fsp3) is 0.727. The van der Waals surface area contributed by atoms with Gasteiger partial charge in [-0.25, -0.2) is 0 Å². The smallest absolute Gasteiger partial charge is 0.0537 e. The van der Waals surface area contributed by atoms with Crippen LogP contribution in [0.15, 0.2) is 6.20 Å². The van der Waals surface area contributed by atoms with Gasteiger partial charge in [0.15, 0.2) is 0 Å². The molecule has 0 aliphatic heterocycles. The molecule has 0 saturated heterocycles. The maximum Gasteiger partial charge on any atom is 0.0537 e. The van der Waals surface area contributed by atoms with Gasteiger partial charge in [-0.1, -0.05) is 0 Å². The number of hydrogen-bond donors (Lipinski definition) is 1. The van der Waals surface area contributed by atoms with Crippen molar-refractivity contribution in [2.45, 2.75) is 26.4 Å². The van der Waals surface area contributed by atoms with Crippen molar-refractivity contribution < 1.29 is 0 Å². The van der Waals surface area contributed by atoms with E-state index < -0.39 is 0 Å². The van der Waals surface area contributed by atoms with Crippen LogP contribution in [0.4, 0.5) is 0 Å². The van der Waals surface area contributed by atoms with Gasteiger partial charge in [0.25, 0.3) is 0 Å². The molecule has 1 unspecified atom stereocenters. The van der Waals surface area contributed by atoms with Crippen molar-refractivity contribution in [1.82, 2.24) is 20.0 Å². The van der Waals surface area contributed by atoms with Crippen LogP contribution in [0.1, 0.15) is 18.2 Å². The molecule has 1 rings (SSSR count). The molecule has 1 N–H and O–H groups in total. The predicted molar refractivity (Wildman–Crippen MR) is 62.8 cm³/mol. The fourth-order valence-electron chi connectivity index (χ4n) is 1.61. The second-order valence-corrected chi connectivity index (χ2v) is 4.42. The normalized spacial score (nSPS) is 13.5. The van der Waals surface area contributed by atoms with E-state index in [-0.39, 0.29) is 0 Å². The molecule has 0 amide bonds. The monoisotopic (exact) mass is 210 g/mol. The van der Waals surface area contributed by atoms with E-state index in [2.05, 4.69) is 43.3 Å². The summed E-state index contributed by atoms with van der Waals surface area (Å²) in [6, 6.07) is 0.500. The number of aromatic nitrogens is 2. The van der Waals surface area contributed by atoms with E-state index in [1.807, 2.05) is 17.9 Å². The van der Waals surface area contributed by atoms with Crippen LogP contribution in [0.3, 0.4) is 0 Å². The summed E-state index contributed by atoms with van der Waals surface area (Å²) < 4.78 is 1.91. The van der Waals surface area contributed by atoms with Crippen LogP contribution >= 0.6 is 0 Å². The van der Waals surface area contributed by atoms with Gasteiger partial charge in [-0.3, -0.25) is 4.68 Å². The van der Waals surface area contributed by atoms with Gasteiger partial charge < -0.3 is 10.2 Å². The molecule has 1 aromatic heterocycles. The average Bonchev–Trinajstić information content (AvgIpc) is 2.44. The van der Waals surface area contributed by atoms with E-state index in [0.717, 1.165) is 13.1 Å². The van der Waals surface area contributed by atoms with Crippen LogP contribution < -0.4 is 5.32 Å². The van der Waals surface area contributed by atoms with Crippen LogP contribution in [0.5, 0.6) is 0 Å². The van der Waals surface area contributed by atoms with Crippen LogP contribution in [0.25, 0.3) is 0 Å². The lowest BCUT2D eigenvalue weighted by atomic mass is 10.2. The average molecular weight is 210 g/mol. The summed E-state index contributed by atoms with van der Waals surface area (Å²) in [6.07, 6.45) is 1.94. The Kier molecular flexibility index (Phi) is 4.29. The molecule has 0 radical (unpaired) electrons. The van der Waals surface area contributed by atoms with Gasteiger partial charge in [0.1, 0.15) is 0 Å². The topological polar surface area (TPSA) is 33.1 Å². The highest BCUT2D eigenvalue weighted by Crippen LogP contribution is 2.05. The van der Waals surface area contributed by atoms with Crippen molar-refractivity contribution in [3.63, 3.8) is 0 Å². The van der Waals surface area contributed by atoms with Crippen LogP contribution in [0, 0.1) is 6.92 Å². The second-order valence-electron chi connectivity index (χ2n) is 4.42. The zero-order chi connectivity index (χ0) is 11.4. The predicted octanol–water partition coefficient (Wildman–Crippen LogP) is 0.768. The standard InChI is InChI=1S/C11H22N4/c1-9(8-14(3)4)12-6-11-7-13-15(5)10(11)2/h7,9,12H,6,8H2,1-5H3. The van der Waals surface area contributed by atoms with E-state index in [9.17, 15) is 0 Å². The first-order chi connectivity index (χ1) is 7.00. The first kappa shape index (κ1) is 12.2. The molecule has 0 aromatic carbocycles. The van der Waals surface area contributed by atoms with E-state index >= 15 is 0 Å². The molecule has 15 heavy (non-hydrogen) atoms. The van der Waals surface area contributed by atoms with Gasteiger partial charge in [-0.15, -0.1) is 0 Å². The molecule has 0 saturated carbocycles. The van der Waals surface area contributed by atoms with Crippen molar-refractivity contribution >= 4 is 0 Å². The molecule has 4 nitrogen and oxygen atoms in total. The Morgan fingerprint density at radius 2 is 2.20 bits per heavy atom. The molecule has 0 fully saturated rings. The molecule has 86 valence electrons. The third-order valence-corrected chi connectivity index (χ3v) is 2.62. The van der Waals surface area contributed by atoms with Crippen LogP contribution in [-0.2, 0) is 13.6 Å². The summed E-state index contributed by atoms with van der Waals surface area (Å²) in [4.78, 5) is 2.19. The third kappa shape index (κ3) is 3.64. The highest BCUT2D eigenvalue weighted by molar-refractivity contribution is 5.15. The molecule has 0 aliphatic carbocycles. The van der Waals surface area contributed by atoms with E-state index in [4.69, 9.17) is 0 Å². The molecular weight excluding hydrogens is 188 g/mol. The summed E-state index contributed by atoms with van der Waals surface area (Å²) in [5.41, 5.74) is 2.52. The Labute approximate surface area is 92.3 Å². The fourth-order valence-corrected chi connectivity index (χ4v) is 1.61. The van der Waals surface area contributed by atoms with E-state index in [0.29, 0.717) is 6.04 Å². The van der Waals surface area contributed by atoms with Crippen molar-refractivity contribution in [3.8, 4) is 0 Å². The maximum absolute atomic E-state index is 4.22. The first-order valence-electron chi connectivity index (χ1n) is 5.36. The number of likely N-dealkylation sites (N-methyl/N-ethyl adjacent to an activating group) is 1. The number of hydrogen-bond acceptors (Lipinski definition) is 3. The Morgan fingerprint density at radius 3 is 2.67 bits per heavy atom. The minimum atomic E-state index is 0.500. The number of nitrogens with zero attached hydrogens (tertiary/aromatic N) is 3. The first-order valence-corrected chi connectivity index (χ1v) is 5.36. The SMILES string of the molecule is Cc1c(CNC(C)CN(C)C)cnn1C. The van der Waals surface area contributed by atoms with Crippen LogP contribution in [-0.4, -0.2) is 41.4 Å². The summed E-state index contributed by atoms with van der Waals surface area (Å²) >= 11 is 0. The van der Waals surface area contributed by atoms with Gasteiger partial charge in [0.2, 0.25) is 0 Å². The van der Waals surface area contributed by atoms with Crippen molar-refractivity contribution in [2.75, 3.05) is 20.6 Å². The van der Waals surface area contributed by atoms with Crippen LogP contribution in [0.2, 0.25) is 0 Å². The summed E-state index contributed by atoms with van der Waals surface area (Å²) in [7, 11) is 6.16. The van der Waals surface area contributed by atoms with Gasteiger partial charge in [-0.05, 0) is 27.9 Å². The Balaban J connectivity index is 2.40. The molecule has 0 bridgehead atoms. The maximum atomic E-state index is 4.22. The van der Waals surface area contributed by atoms with Gasteiger partial charge in [-0.2, -0.15) is 5.10 Å². The second kappa shape index (κ2) is 5.28. The van der Waals surface area contributed by atoms with E-state index in [1.165, 1.54) is 11.3 Å². The number of nitrogens with one attached hydrogen (secondary N) is 1. The molecule has 1 heterocycles. The van der Waals surface area contributed by atoms with E-state index in [1.54, 1.807) is 0 Å². The largest absolute Gasteiger partial charge is 0.309 e. The lowest BCUT2D eigenvalue weighted by Gasteiger charge is -2.18.